The largest absolute Gasteiger partial charge is 0.507 e. The number of nitrogens with zero attached hydrogens (tertiary/aromatic N) is 1. The number of aromatic hydroxyl groups is 1. The third-order valence-electron chi connectivity index (χ3n) is 1.91. The number of rotatable bonds is 2. The van der Waals surface area contributed by atoms with Crippen LogP contribution in [0.15, 0.2) is 12.1 Å². The van der Waals surface area contributed by atoms with Crippen LogP contribution in [-0.2, 0) is 4.74 Å². The lowest BCUT2D eigenvalue weighted by Gasteiger charge is -2.07. The number of alkyl halides is 2. The minimum atomic E-state index is -2.85. The zero-order chi connectivity index (χ0) is 12.3. The van der Waals surface area contributed by atoms with Crippen molar-refractivity contribution < 1.29 is 23.4 Å². The van der Waals surface area contributed by atoms with Crippen LogP contribution in [-0.4, -0.2) is 18.2 Å². The molecule has 0 atom stereocenters. The number of benzene rings is 1. The lowest BCUT2D eigenvalue weighted by molar-refractivity contribution is 0.0599. The number of phenolic OH excluding ortho intramolecular Hbond substituents is 1. The number of phenols is 1. The van der Waals surface area contributed by atoms with Gasteiger partial charge in [-0.25, -0.2) is 13.6 Å². The average Bonchev–Trinajstić information content (AvgIpc) is 2.26. The van der Waals surface area contributed by atoms with Crippen molar-refractivity contribution in [2.45, 2.75) is 6.43 Å². The van der Waals surface area contributed by atoms with Crippen molar-refractivity contribution in [3.05, 3.63) is 28.8 Å². The summed E-state index contributed by atoms with van der Waals surface area (Å²) in [4.78, 5) is 11.2. The van der Waals surface area contributed by atoms with Crippen LogP contribution in [0.1, 0.15) is 27.9 Å². The van der Waals surface area contributed by atoms with E-state index < -0.39 is 23.7 Å². The maximum atomic E-state index is 12.4. The second-order valence-corrected chi connectivity index (χ2v) is 2.87. The molecule has 0 saturated carbocycles. The van der Waals surface area contributed by atoms with Crippen molar-refractivity contribution in [2.75, 3.05) is 7.11 Å². The second kappa shape index (κ2) is 4.57. The van der Waals surface area contributed by atoms with E-state index in [9.17, 15) is 18.7 Å². The summed E-state index contributed by atoms with van der Waals surface area (Å²) in [7, 11) is 1.05. The molecule has 1 aromatic carbocycles. The van der Waals surface area contributed by atoms with Crippen molar-refractivity contribution in [1.29, 1.82) is 5.26 Å². The van der Waals surface area contributed by atoms with Gasteiger partial charge in [-0.2, -0.15) is 5.26 Å². The van der Waals surface area contributed by atoms with E-state index in [-0.39, 0.29) is 11.1 Å². The van der Waals surface area contributed by atoms with Gasteiger partial charge in [0.1, 0.15) is 17.4 Å². The molecule has 1 rings (SSSR count). The lowest BCUT2D eigenvalue weighted by Crippen LogP contribution is -2.05. The average molecular weight is 227 g/mol. The molecule has 0 saturated heterocycles. The molecule has 0 amide bonds. The van der Waals surface area contributed by atoms with Crippen molar-refractivity contribution in [2.24, 2.45) is 0 Å². The first-order chi connectivity index (χ1) is 7.51. The van der Waals surface area contributed by atoms with E-state index in [1.807, 2.05) is 0 Å². The summed E-state index contributed by atoms with van der Waals surface area (Å²) in [5, 5.41) is 18.0. The molecule has 0 fully saturated rings. The van der Waals surface area contributed by atoms with Crippen molar-refractivity contribution in [3.8, 4) is 11.8 Å². The fraction of sp³-hybridized carbons (Fsp3) is 0.200. The topological polar surface area (TPSA) is 70.3 Å². The number of carbonyl (C=O) groups is 1. The maximum Gasteiger partial charge on any atom is 0.339 e. The Morgan fingerprint density at radius 3 is 2.62 bits per heavy atom. The Morgan fingerprint density at radius 2 is 2.19 bits per heavy atom. The van der Waals surface area contributed by atoms with Crippen LogP contribution in [0.5, 0.6) is 5.75 Å². The molecule has 0 aromatic heterocycles. The number of halogens is 2. The Bertz CT molecular complexity index is 466. The number of nitriles is 1. The first-order valence-electron chi connectivity index (χ1n) is 4.14. The van der Waals surface area contributed by atoms with Crippen molar-refractivity contribution in [1.82, 2.24) is 0 Å². The zero-order valence-corrected chi connectivity index (χ0v) is 8.20. The van der Waals surface area contributed by atoms with Crippen LogP contribution in [0, 0.1) is 11.3 Å². The quantitative estimate of drug-likeness (QED) is 0.784. The van der Waals surface area contributed by atoms with Crippen LogP contribution in [0.2, 0.25) is 0 Å². The van der Waals surface area contributed by atoms with Gasteiger partial charge in [-0.05, 0) is 12.1 Å². The molecule has 1 aromatic rings. The van der Waals surface area contributed by atoms with Gasteiger partial charge in [0.2, 0.25) is 0 Å². The normalized spacial score (nSPS) is 9.94. The van der Waals surface area contributed by atoms with Crippen molar-refractivity contribution in [3.63, 3.8) is 0 Å². The highest BCUT2D eigenvalue weighted by Gasteiger charge is 2.20. The summed E-state index contributed by atoms with van der Waals surface area (Å²) in [6.07, 6.45) is -2.85. The van der Waals surface area contributed by atoms with E-state index in [2.05, 4.69) is 4.74 Å². The van der Waals surface area contributed by atoms with E-state index >= 15 is 0 Å². The molecule has 0 aliphatic rings. The van der Waals surface area contributed by atoms with Crippen molar-refractivity contribution >= 4 is 5.97 Å². The summed E-state index contributed by atoms with van der Waals surface area (Å²) in [6.45, 7) is 0. The number of esters is 1. The number of carbonyl (C=O) groups excluding carboxylic acids is 1. The van der Waals surface area contributed by atoms with Gasteiger partial charge >= 0.3 is 5.97 Å². The fourth-order valence-corrected chi connectivity index (χ4v) is 1.16. The molecular weight excluding hydrogens is 220 g/mol. The minimum absolute atomic E-state index is 0.375. The highest BCUT2D eigenvalue weighted by Crippen LogP contribution is 2.29. The van der Waals surface area contributed by atoms with E-state index in [1.54, 1.807) is 6.07 Å². The first kappa shape index (κ1) is 11.9. The number of ether oxygens (including phenoxy) is 1. The first-order valence-corrected chi connectivity index (χ1v) is 4.14. The van der Waals surface area contributed by atoms with Gasteiger partial charge < -0.3 is 9.84 Å². The molecule has 16 heavy (non-hydrogen) atoms. The van der Waals surface area contributed by atoms with Crippen LogP contribution in [0.25, 0.3) is 0 Å². The van der Waals surface area contributed by atoms with Gasteiger partial charge in [0, 0.05) is 5.56 Å². The molecule has 0 aliphatic carbocycles. The van der Waals surface area contributed by atoms with E-state index in [0.717, 1.165) is 19.2 Å². The number of hydrogen-bond donors (Lipinski definition) is 1. The maximum absolute atomic E-state index is 12.4. The van der Waals surface area contributed by atoms with Gasteiger partial charge in [0.25, 0.3) is 6.43 Å². The minimum Gasteiger partial charge on any atom is -0.507 e. The molecule has 0 unspecified atom stereocenters. The molecule has 0 radical (unpaired) electrons. The van der Waals surface area contributed by atoms with Gasteiger partial charge in [-0.15, -0.1) is 0 Å². The van der Waals surface area contributed by atoms with Gasteiger partial charge in [-0.1, -0.05) is 0 Å². The lowest BCUT2D eigenvalue weighted by atomic mass is 10.0. The van der Waals surface area contributed by atoms with E-state index in [0.29, 0.717) is 0 Å². The van der Waals surface area contributed by atoms with Gasteiger partial charge in [0.05, 0.1) is 12.7 Å². The highest BCUT2D eigenvalue weighted by atomic mass is 19.3. The molecule has 0 heterocycles. The summed E-state index contributed by atoms with van der Waals surface area (Å²) in [5.41, 5.74) is -1.30. The Labute approximate surface area is 89.7 Å². The molecule has 0 bridgehead atoms. The molecular formula is C10H7F2NO3. The number of methoxy groups -OCH3 is 1. The zero-order valence-electron chi connectivity index (χ0n) is 8.20. The second-order valence-electron chi connectivity index (χ2n) is 2.87. The van der Waals surface area contributed by atoms with Crippen LogP contribution >= 0.6 is 0 Å². The molecule has 6 heteroatoms. The third-order valence-corrected chi connectivity index (χ3v) is 1.91. The molecule has 1 N–H and O–H groups in total. The Balaban J connectivity index is 3.44. The van der Waals surface area contributed by atoms with Crippen LogP contribution < -0.4 is 0 Å². The predicted molar refractivity (Wildman–Crippen MR) is 49.1 cm³/mol. The van der Waals surface area contributed by atoms with E-state index in [4.69, 9.17) is 5.26 Å². The Hall–Kier alpha value is -2.16. The fourth-order valence-electron chi connectivity index (χ4n) is 1.16. The summed E-state index contributed by atoms with van der Waals surface area (Å²) in [6, 6.07) is 3.12. The van der Waals surface area contributed by atoms with Gasteiger partial charge in [0.15, 0.2) is 0 Å². The summed E-state index contributed by atoms with van der Waals surface area (Å²) >= 11 is 0. The SMILES string of the molecule is COC(=O)c1cc(C(F)F)cc(O)c1C#N. The van der Waals surface area contributed by atoms with Gasteiger partial charge in [-0.3, -0.25) is 0 Å². The summed E-state index contributed by atoms with van der Waals surface area (Å²) in [5.74, 6) is -1.62. The van der Waals surface area contributed by atoms with E-state index in [1.165, 1.54) is 0 Å². The standard InChI is InChI=1S/C10H7F2NO3/c1-16-10(15)6-2-5(9(11)12)3-8(14)7(6)4-13/h2-3,9,14H,1H3. The number of hydrogen-bond acceptors (Lipinski definition) is 4. The smallest absolute Gasteiger partial charge is 0.339 e. The Kier molecular flexibility index (Phi) is 3.40. The summed E-state index contributed by atoms with van der Waals surface area (Å²) < 4.78 is 29.1. The predicted octanol–water partition coefficient (Wildman–Crippen LogP) is 1.99. The molecule has 0 spiro atoms. The molecule has 0 aliphatic heterocycles. The highest BCUT2D eigenvalue weighted by molar-refractivity contribution is 5.93. The molecule has 4 nitrogen and oxygen atoms in total. The Morgan fingerprint density at radius 1 is 1.56 bits per heavy atom. The van der Waals surface area contributed by atoms with Crippen LogP contribution in [0.3, 0.4) is 0 Å². The molecule has 84 valence electrons. The third kappa shape index (κ3) is 2.08. The monoisotopic (exact) mass is 227 g/mol. The van der Waals surface area contributed by atoms with Crippen LogP contribution in [0.4, 0.5) is 8.78 Å².